The number of amides is 1. The molecule has 1 aliphatic rings. The molecule has 1 aromatic heterocycles. The van der Waals surface area contributed by atoms with Crippen molar-refractivity contribution >= 4 is 40.2 Å². The van der Waals surface area contributed by atoms with Gasteiger partial charge in [-0.2, -0.15) is 0 Å². The van der Waals surface area contributed by atoms with Crippen LogP contribution in [-0.2, 0) is 11.3 Å². The lowest BCUT2D eigenvalue weighted by atomic mass is 9.82. The minimum Gasteiger partial charge on any atom is -0.317 e. The Hall–Kier alpha value is -1.44. The average Bonchev–Trinajstić information content (AvgIpc) is 2.95. The van der Waals surface area contributed by atoms with Crippen LogP contribution in [0.1, 0.15) is 37.7 Å². The molecule has 0 aliphatic heterocycles. The van der Waals surface area contributed by atoms with E-state index in [0.717, 1.165) is 42.1 Å². The van der Waals surface area contributed by atoms with E-state index in [4.69, 9.17) is 5.73 Å². The maximum Gasteiger partial charge on any atom is 0.248 e. The summed E-state index contributed by atoms with van der Waals surface area (Å²) in [5.74, 6) is 0.123. The van der Waals surface area contributed by atoms with Crippen LogP contribution in [0, 0.1) is 0 Å². The van der Waals surface area contributed by atoms with Crippen molar-refractivity contribution in [3.63, 3.8) is 0 Å². The molecule has 8 heteroatoms. The molecule has 1 aliphatic carbocycles. The number of carbonyl (C=O) groups excluding carboxylic acids is 1. The molecule has 0 radical (unpaired) electrons. The van der Waals surface area contributed by atoms with E-state index in [1.54, 1.807) is 11.0 Å². The van der Waals surface area contributed by atoms with Gasteiger partial charge in [0.15, 0.2) is 0 Å². The number of aromatic nitrogens is 3. The van der Waals surface area contributed by atoms with Crippen LogP contribution in [-0.4, -0.2) is 26.2 Å². The zero-order valence-corrected chi connectivity index (χ0v) is 15.6. The molecule has 1 fully saturated rings. The maximum absolute atomic E-state index is 12.4. The number of anilines is 1. The zero-order chi connectivity index (χ0) is 16.3. The SMILES string of the molecule is Cl.NC1(C(=O)Nc2ncn(Cc3cccc(Br)c3)n2)CCCCC1. The van der Waals surface area contributed by atoms with E-state index < -0.39 is 5.54 Å². The van der Waals surface area contributed by atoms with Crippen LogP contribution >= 0.6 is 28.3 Å². The van der Waals surface area contributed by atoms with Gasteiger partial charge in [0.25, 0.3) is 0 Å². The second kappa shape index (κ2) is 8.09. The van der Waals surface area contributed by atoms with E-state index in [9.17, 15) is 4.79 Å². The molecule has 3 rings (SSSR count). The predicted octanol–water partition coefficient (Wildman–Crippen LogP) is 3.11. The number of benzene rings is 1. The Morgan fingerprint density at radius 2 is 2.08 bits per heavy atom. The summed E-state index contributed by atoms with van der Waals surface area (Å²) in [5, 5.41) is 7.06. The van der Waals surface area contributed by atoms with E-state index in [1.807, 2.05) is 24.3 Å². The highest BCUT2D eigenvalue weighted by Crippen LogP contribution is 2.26. The first kappa shape index (κ1) is 18.9. The number of carbonyl (C=O) groups is 1. The van der Waals surface area contributed by atoms with Crippen LogP contribution in [0.5, 0.6) is 0 Å². The summed E-state index contributed by atoms with van der Waals surface area (Å²) < 4.78 is 2.72. The van der Waals surface area contributed by atoms with Crippen molar-refractivity contribution in [1.82, 2.24) is 14.8 Å². The summed E-state index contributed by atoms with van der Waals surface area (Å²) in [6.45, 7) is 0.593. The van der Waals surface area contributed by atoms with Gasteiger partial charge in [0.2, 0.25) is 11.9 Å². The lowest BCUT2D eigenvalue weighted by Crippen LogP contribution is -2.52. The molecule has 1 amide bonds. The van der Waals surface area contributed by atoms with Crippen LogP contribution < -0.4 is 11.1 Å². The largest absolute Gasteiger partial charge is 0.317 e. The fraction of sp³-hybridized carbons (Fsp3) is 0.438. The van der Waals surface area contributed by atoms with Crippen molar-refractivity contribution in [2.45, 2.75) is 44.2 Å². The van der Waals surface area contributed by atoms with E-state index >= 15 is 0 Å². The molecule has 0 saturated heterocycles. The minimum atomic E-state index is -0.784. The Bertz CT molecular complexity index is 699. The zero-order valence-electron chi connectivity index (χ0n) is 13.2. The van der Waals surface area contributed by atoms with Gasteiger partial charge in [-0.15, -0.1) is 17.5 Å². The van der Waals surface area contributed by atoms with Crippen LogP contribution in [0.3, 0.4) is 0 Å². The van der Waals surface area contributed by atoms with Gasteiger partial charge in [-0.1, -0.05) is 47.3 Å². The topological polar surface area (TPSA) is 85.8 Å². The summed E-state index contributed by atoms with van der Waals surface area (Å²) in [5.41, 5.74) is 6.54. The van der Waals surface area contributed by atoms with Crippen molar-refractivity contribution in [3.05, 3.63) is 40.6 Å². The molecule has 0 bridgehead atoms. The lowest BCUT2D eigenvalue weighted by molar-refractivity contribution is -0.122. The smallest absolute Gasteiger partial charge is 0.248 e. The van der Waals surface area contributed by atoms with Gasteiger partial charge < -0.3 is 5.73 Å². The lowest BCUT2D eigenvalue weighted by Gasteiger charge is -2.31. The molecule has 3 N–H and O–H groups in total. The minimum absolute atomic E-state index is 0. The first-order valence-corrected chi connectivity index (χ1v) is 8.59. The number of hydrogen-bond acceptors (Lipinski definition) is 4. The summed E-state index contributed by atoms with van der Waals surface area (Å²) in [6.07, 6.45) is 6.19. The molecule has 1 aromatic carbocycles. The van der Waals surface area contributed by atoms with E-state index in [-0.39, 0.29) is 18.3 Å². The Morgan fingerprint density at radius 1 is 1.33 bits per heavy atom. The van der Waals surface area contributed by atoms with Crippen molar-refractivity contribution in [1.29, 1.82) is 0 Å². The van der Waals surface area contributed by atoms with Crippen molar-refractivity contribution in [2.75, 3.05) is 5.32 Å². The van der Waals surface area contributed by atoms with Crippen molar-refractivity contribution in [2.24, 2.45) is 5.73 Å². The fourth-order valence-corrected chi connectivity index (χ4v) is 3.33. The monoisotopic (exact) mass is 413 g/mol. The molecule has 0 unspecified atom stereocenters. The highest BCUT2D eigenvalue weighted by molar-refractivity contribution is 9.10. The van der Waals surface area contributed by atoms with E-state index in [2.05, 4.69) is 31.3 Å². The van der Waals surface area contributed by atoms with Gasteiger partial charge in [0.1, 0.15) is 6.33 Å². The van der Waals surface area contributed by atoms with Crippen molar-refractivity contribution in [3.8, 4) is 0 Å². The molecule has 1 heterocycles. The summed E-state index contributed by atoms with van der Waals surface area (Å²) in [4.78, 5) is 16.5. The second-order valence-corrected chi connectivity index (χ2v) is 6.98. The fourth-order valence-electron chi connectivity index (χ4n) is 2.89. The van der Waals surface area contributed by atoms with Gasteiger partial charge in [-0.05, 0) is 30.5 Å². The average molecular weight is 415 g/mol. The molecular weight excluding hydrogens is 394 g/mol. The normalized spacial score (nSPS) is 16.2. The predicted molar refractivity (Wildman–Crippen MR) is 99.1 cm³/mol. The molecule has 6 nitrogen and oxygen atoms in total. The van der Waals surface area contributed by atoms with Crippen LogP contribution in [0.25, 0.3) is 0 Å². The molecule has 2 aromatic rings. The third-order valence-corrected chi connectivity index (χ3v) is 4.69. The number of nitrogens with two attached hydrogens (primary N) is 1. The first-order valence-electron chi connectivity index (χ1n) is 7.79. The third-order valence-electron chi connectivity index (χ3n) is 4.19. The van der Waals surface area contributed by atoms with Gasteiger partial charge in [-0.3, -0.25) is 10.1 Å². The molecule has 24 heavy (non-hydrogen) atoms. The molecular formula is C16H21BrClN5O. The van der Waals surface area contributed by atoms with Crippen LogP contribution in [0.15, 0.2) is 35.1 Å². The summed E-state index contributed by atoms with van der Waals surface area (Å²) in [6, 6.07) is 7.99. The number of halogens is 2. The Kier molecular flexibility index (Phi) is 6.37. The van der Waals surface area contributed by atoms with Gasteiger partial charge in [0, 0.05) is 4.47 Å². The number of nitrogens with zero attached hydrogens (tertiary/aromatic N) is 3. The molecule has 1 saturated carbocycles. The molecule has 130 valence electrons. The van der Waals surface area contributed by atoms with E-state index in [0.29, 0.717) is 12.5 Å². The number of hydrogen-bond donors (Lipinski definition) is 2. The van der Waals surface area contributed by atoms with Crippen LogP contribution in [0.4, 0.5) is 5.95 Å². The molecule has 0 atom stereocenters. The first-order chi connectivity index (χ1) is 11.0. The van der Waals surface area contributed by atoms with Gasteiger partial charge in [0.05, 0.1) is 12.1 Å². The maximum atomic E-state index is 12.4. The molecule has 0 spiro atoms. The highest BCUT2D eigenvalue weighted by Gasteiger charge is 2.35. The van der Waals surface area contributed by atoms with E-state index in [1.165, 1.54) is 0 Å². The quantitative estimate of drug-likeness (QED) is 0.805. The third kappa shape index (κ3) is 4.55. The Labute approximate surface area is 155 Å². The Morgan fingerprint density at radius 3 is 2.79 bits per heavy atom. The van der Waals surface area contributed by atoms with Crippen molar-refractivity contribution < 1.29 is 4.79 Å². The Balaban J connectivity index is 0.00000208. The second-order valence-electron chi connectivity index (χ2n) is 6.07. The van der Waals surface area contributed by atoms with Gasteiger partial charge in [-0.25, -0.2) is 9.67 Å². The number of rotatable bonds is 4. The van der Waals surface area contributed by atoms with Gasteiger partial charge >= 0.3 is 0 Å². The summed E-state index contributed by atoms with van der Waals surface area (Å²) in [7, 11) is 0. The van der Waals surface area contributed by atoms with Crippen LogP contribution in [0.2, 0.25) is 0 Å². The summed E-state index contributed by atoms with van der Waals surface area (Å²) >= 11 is 3.45. The highest BCUT2D eigenvalue weighted by atomic mass is 79.9. The number of nitrogens with one attached hydrogen (secondary N) is 1. The standard InChI is InChI=1S/C16H20BrN5O.ClH/c17-13-6-4-5-12(9-13)10-22-11-19-15(21-22)20-14(23)16(18)7-2-1-3-8-16;/h4-6,9,11H,1-3,7-8,10,18H2,(H,20,21,23);1H.